The first-order valence-electron chi connectivity index (χ1n) is 9.79. The van der Waals surface area contributed by atoms with Gasteiger partial charge in [0, 0.05) is 42.1 Å². The summed E-state index contributed by atoms with van der Waals surface area (Å²) in [5.74, 6) is 0.364. The van der Waals surface area contributed by atoms with Crippen LogP contribution in [0.2, 0.25) is 0 Å². The Morgan fingerprint density at radius 1 is 1.16 bits per heavy atom. The molecule has 1 amide bonds. The van der Waals surface area contributed by atoms with E-state index in [0.29, 0.717) is 24.4 Å². The highest BCUT2D eigenvalue weighted by molar-refractivity contribution is 5.83. The average molecular weight is 339 g/mol. The van der Waals surface area contributed by atoms with Crippen LogP contribution >= 0.6 is 0 Å². The van der Waals surface area contributed by atoms with Gasteiger partial charge in [-0.25, -0.2) is 0 Å². The summed E-state index contributed by atoms with van der Waals surface area (Å²) in [4.78, 5) is 20.8. The molecule has 2 aliphatic heterocycles. The monoisotopic (exact) mass is 339 g/mol. The predicted molar refractivity (Wildman–Crippen MR) is 102 cm³/mol. The lowest BCUT2D eigenvalue weighted by atomic mass is 10.0. The molecule has 2 unspecified atom stereocenters. The Labute approximate surface area is 150 Å². The molecule has 4 heteroatoms. The Morgan fingerprint density at radius 2 is 1.96 bits per heavy atom. The second-order valence-corrected chi connectivity index (χ2v) is 7.70. The summed E-state index contributed by atoms with van der Waals surface area (Å²) in [7, 11) is 2.22. The lowest BCUT2D eigenvalue weighted by molar-refractivity contribution is -0.133. The molecule has 2 atom stereocenters. The van der Waals surface area contributed by atoms with Crippen LogP contribution in [0.4, 0.5) is 0 Å². The van der Waals surface area contributed by atoms with E-state index in [0.717, 1.165) is 19.4 Å². The van der Waals surface area contributed by atoms with E-state index in [-0.39, 0.29) is 0 Å². The van der Waals surface area contributed by atoms with Gasteiger partial charge in [-0.05, 0) is 63.7 Å². The van der Waals surface area contributed by atoms with Gasteiger partial charge in [0.15, 0.2) is 0 Å². The minimum atomic E-state index is 0.364. The number of nitrogens with one attached hydrogen (secondary N) is 1. The van der Waals surface area contributed by atoms with Gasteiger partial charge in [0.05, 0.1) is 0 Å². The number of hydrogen-bond acceptors (Lipinski definition) is 2. The third kappa shape index (κ3) is 3.32. The molecule has 2 fully saturated rings. The van der Waals surface area contributed by atoms with E-state index in [1.54, 1.807) is 0 Å². The van der Waals surface area contributed by atoms with Crippen LogP contribution in [0.15, 0.2) is 30.5 Å². The fourth-order valence-corrected chi connectivity index (χ4v) is 4.84. The fourth-order valence-electron chi connectivity index (χ4n) is 4.84. The van der Waals surface area contributed by atoms with Crippen molar-refractivity contribution in [2.75, 3.05) is 20.1 Å². The van der Waals surface area contributed by atoms with E-state index in [2.05, 4.69) is 52.3 Å². The maximum Gasteiger partial charge on any atom is 0.222 e. The van der Waals surface area contributed by atoms with Gasteiger partial charge in [0.25, 0.3) is 0 Å². The number of carbonyl (C=O) groups is 1. The highest BCUT2D eigenvalue weighted by Gasteiger charge is 2.37. The first-order valence-corrected chi connectivity index (χ1v) is 9.79. The van der Waals surface area contributed by atoms with Crippen molar-refractivity contribution < 1.29 is 4.79 Å². The van der Waals surface area contributed by atoms with E-state index in [4.69, 9.17) is 0 Å². The van der Waals surface area contributed by atoms with E-state index < -0.39 is 0 Å². The largest absolute Gasteiger partial charge is 0.361 e. The molecule has 2 saturated heterocycles. The molecule has 2 aliphatic rings. The molecular weight excluding hydrogens is 310 g/mol. The average Bonchev–Trinajstić information content (AvgIpc) is 3.34. The Kier molecular flexibility index (Phi) is 4.80. The number of aromatic nitrogens is 1. The smallest absolute Gasteiger partial charge is 0.222 e. The Morgan fingerprint density at radius 3 is 2.80 bits per heavy atom. The fraction of sp³-hybridized carbons (Fsp3) is 0.571. The van der Waals surface area contributed by atoms with Crippen molar-refractivity contribution in [1.82, 2.24) is 14.8 Å². The molecule has 0 radical (unpaired) electrons. The van der Waals surface area contributed by atoms with Crippen LogP contribution in [0, 0.1) is 0 Å². The van der Waals surface area contributed by atoms with Crippen LogP contribution in [-0.4, -0.2) is 52.9 Å². The van der Waals surface area contributed by atoms with Gasteiger partial charge in [-0.2, -0.15) is 0 Å². The Balaban J connectivity index is 1.34. The second kappa shape index (κ2) is 7.20. The topological polar surface area (TPSA) is 39.3 Å². The number of fused-ring (bicyclic) bond motifs is 1. The number of aromatic amines is 1. The number of nitrogens with zero attached hydrogens (tertiary/aromatic N) is 2. The molecule has 0 aliphatic carbocycles. The quantitative estimate of drug-likeness (QED) is 0.904. The number of rotatable bonds is 5. The van der Waals surface area contributed by atoms with Crippen LogP contribution in [0.25, 0.3) is 10.9 Å². The highest BCUT2D eigenvalue weighted by atomic mass is 16.2. The molecule has 4 rings (SSSR count). The molecule has 0 spiro atoms. The summed E-state index contributed by atoms with van der Waals surface area (Å²) in [6.07, 6.45) is 9.56. The van der Waals surface area contributed by atoms with Crippen molar-refractivity contribution in [3.05, 3.63) is 36.0 Å². The van der Waals surface area contributed by atoms with Gasteiger partial charge in [-0.1, -0.05) is 18.2 Å². The van der Waals surface area contributed by atoms with Crippen LogP contribution < -0.4 is 0 Å². The third-order valence-electron chi connectivity index (χ3n) is 6.15. The molecule has 1 aromatic heterocycles. The summed E-state index contributed by atoms with van der Waals surface area (Å²) in [6.45, 7) is 2.14. The molecule has 1 N–H and O–H groups in total. The van der Waals surface area contributed by atoms with Gasteiger partial charge in [0.1, 0.15) is 0 Å². The summed E-state index contributed by atoms with van der Waals surface area (Å²) in [6, 6.07) is 9.44. The van der Waals surface area contributed by atoms with E-state index in [9.17, 15) is 4.79 Å². The minimum Gasteiger partial charge on any atom is -0.361 e. The molecule has 25 heavy (non-hydrogen) atoms. The third-order valence-corrected chi connectivity index (χ3v) is 6.15. The first kappa shape index (κ1) is 16.6. The zero-order valence-corrected chi connectivity index (χ0v) is 15.2. The Bertz CT molecular complexity index is 738. The van der Waals surface area contributed by atoms with Crippen LogP contribution in [-0.2, 0) is 11.2 Å². The Hall–Kier alpha value is -1.81. The first-order chi connectivity index (χ1) is 12.2. The standard InChI is InChI=1S/C21H29N3O/c1-23-13-5-10-19(23)20-11-6-14-24(20)21(25)12-4-7-16-15-22-18-9-3-2-8-17(16)18/h2-3,8-9,15,19-20,22H,4-7,10-14H2,1H3. The summed E-state index contributed by atoms with van der Waals surface area (Å²) >= 11 is 0. The van der Waals surface area contributed by atoms with Crippen molar-refractivity contribution in [2.24, 2.45) is 0 Å². The molecule has 3 heterocycles. The predicted octanol–water partition coefficient (Wildman–Crippen LogP) is 3.58. The summed E-state index contributed by atoms with van der Waals surface area (Å²) in [5.41, 5.74) is 2.52. The highest BCUT2D eigenvalue weighted by Crippen LogP contribution is 2.29. The van der Waals surface area contributed by atoms with E-state index in [1.807, 2.05) is 0 Å². The van der Waals surface area contributed by atoms with Gasteiger partial charge < -0.3 is 14.8 Å². The normalized spacial score (nSPS) is 24.4. The van der Waals surface area contributed by atoms with Gasteiger partial charge in [0.2, 0.25) is 5.91 Å². The van der Waals surface area contributed by atoms with Gasteiger partial charge in [-0.3, -0.25) is 4.79 Å². The van der Waals surface area contributed by atoms with Crippen molar-refractivity contribution >= 4 is 16.8 Å². The van der Waals surface area contributed by atoms with Crippen LogP contribution in [0.3, 0.4) is 0 Å². The zero-order chi connectivity index (χ0) is 17.2. The van der Waals surface area contributed by atoms with Crippen LogP contribution in [0.1, 0.15) is 44.1 Å². The molecule has 134 valence electrons. The van der Waals surface area contributed by atoms with Crippen molar-refractivity contribution in [1.29, 1.82) is 0 Å². The van der Waals surface area contributed by atoms with Gasteiger partial charge in [-0.15, -0.1) is 0 Å². The van der Waals surface area contributed by atoms with Crippen molar-refractivity contribution in [3.63, 3.8) is 0 Å². The number of hydrogen-bond donors (Lipinski definition) is 1. The molecule has 0 bridgehead atoms. The molecule has 2 aromatic rings. The summed E-state index contributed by atoms with van der Waals surface area (Å²) < 4.78 is 0. The number of carbonyl (C=O) groups excluding carboxylic acids is 1. The number of aryl methyl sites for hydroxylation is 1. The zero-order valence-electron chi connectivity index (χ0n) is 15.2. The van der Waals surface area contributed by atoms with Crippen LogP contribution in [0.5, 0.6) is 0 Å². The number of benzene rings is 1. The number of likely N-dealkylation sites (N-methyl/N-ethyl adjacent to an activating group) is 1. The number of likely N-dealkylation sites (tertiary alicyclic amines) is 2. The molecular formula is C21H29N3O. The minimum absolute atomic E-state index is 0.364. The maximum absolute atomic E-state index is 12.8. The van der Waals surface area contributed by atoms with Crippen molar-refractivity contribution in [3.8, 4) is 0 Å². The summed E-state index contributed by atoms with van der Waals surface area (Å²) in [5, 5.41) is 1.29. The SMILES string of the molecule is CN1CCCC1C1CCCN1C(=O)CCCc1c[nH]c2ccccc12. The van der Waals surface area contributed by atoms with Crippen molar-refractivity contribution in [2.45, 2.75) is 57.0 Å². The number of para-hydroxylation sites is 1. The van der Waals surface area contributed by atoms with Gasteiger partial charge >= 0.3 is 0 Å². The lowest BCUT2D eigenvalue weighted by Gasteiger charge is -2.33. The van der Waals surface area contributed by atoms with E-state index >= 15 is 0 Å². The van der Waals surface area contributed by atoms with E-state index in [1.165, 1.54) is 48.7 Å². The molecule has 1 aromatic carbocycles. The molecule has 0 saturated carbocycles. The molecule has 4 nitrogen and oxygen atoms in total. The maximum atomic E-state index is 12.8. The second-order valence-electron chi connectivity index (χ2n) is 7.70. The number of H-pyrrole nitrogens is 1. The number of amides is 1. The lowest BCUT2D eigenvalue weighted by Crippen LogP contribution is -2.47.